The van der Waals surface area contributed by atoms with Gasteiger partial charge in [-0.05, 0) is 53.4 Å². The molecule has 0 N–H and O–H groups in total. The lowest BCUT2D eigenvalue weighted by molar-refractivity contribution is -0.330. The van der Waals surface area contributed by atoms with Crippen molar-refractivity contribution in [3.63, 3.8) is 0 Å². The third kappa shape index (κ3) is 6.39. The van der Waals surface area contributed by atoms with Gasteiger partial charge in [0.05, 0.1) is 12.2 Å². The number of aryl methyl sites for hydroxylation is 1. The van der Waals surface area contributed by atoms with Crippen LogP contribution in [0, 0.1) is 5.82 Å². The van der Waals surface area contributed by atoms with E-state index in [0.717, 1.165) is 18.4 Å². The lowest BCUT2D eigenvalue weighted by Crippen LogP contribution is -2.13. The minimum absolute atomic E-state index is 0.183. The molecule has 3 aromatic rings. The van der Waals surface area contributed by atoms with E-state index in [-0.39, 0.29) is 22.7 Å². The van der Waals surface area contributed by atoms with Crippen LogP contribution in [0.1, 0.15) is 34.8 Å². The molecule has 0 aliphatic heterocycles. The summed E-state index contributed by atoms with van der Waals surface area (Å²) in [5.41, 5.74) is 2.55. The highest BCUT2D eigenvalue weighted by molar-refractivity contribution is 5.91. The maximum atomic E-state index is 14.4. The van der Waals surface area contributed by atoms with Crippen molar-refractivity contribution in [3.05, 3.63) is 89.2 Å². The van der Waals surface area contributed by atoms with Gasteiger partial charge in [0, 0.05) is 5.56 Å². The number of ether oxygens (including phenoxy) is 2. The van der Waals surface area contributed by atoms with Crippen LogP contribution < -0.4 is 4.74 Å². The van der Waals surface area contributed by atoms with Crippen LogP contribution in [0.3, 0.4) is 0 Å². The van der Waals surface area contributed by atoms with Crippen molar-refractivity contribution >= 4 is 5.97 Å². The fraction of sp³-hybridized carbons (Fsp3) is 0.208. The van der Waals surface area contributed by atoms with Gasteiger partial charge < -0.3 is 4.74 Å². The first-order valence-corrected chi connectivity index (χ1v) is 9.66. The largest absolute Gasteiger partial charge is 0.522 e. The first-order chi connectivity index (χ1) is 14.7. The molecule has 0 unspecified atom stereocenters. The minimum Gasteiger partial charge on any atom is -0.423 e. The lowest BCUT2D eigenvalue weighted by atomic mass is 10.0. The van der Waals surface area contributed by atoms with Crippen LogP contribution >= 0.6 is 0 Å². The zero-order valence-electron chi connectivity index (χ0n) is 16.7. The molecule has 162 valence electrons. The third-order valence-corrected chi connectivity index (χ3v) is 4.54. The molecular weight excluding hydrogens is 412 g/mol. The van der Waals surface area contributed by atoms with E-state index in [0.29, 0.717) is 11.1 Å². The van der Waals surface area contributed by atoms with Gasteiger partial charge in [-0.2, -0.15) is 0 Å². The van der Waals surface area contributed by atoms with Crippen LogP contribution in [-0.2, 0) is 17.8 Å². The summed E-state index contributed by atoms with van der Waals surface area (Å²) in [6.45, 7) is 1.40. The van der Waals surface area contributed by atoms with Crippen LogP contribution in [0.15, 0.2) is 66.7 Å². The van der Waals surface area contributed by atoms with Gasteiger partial charge in [-0.25, -0.2) is 9.18 Å². The van der Waals surface area contributed by atoms with Crippen molar-refractivity contribution in [1.82, 2.24) is 0 Å². The van der Waals surface area contributed by atoms with Crippen LogP contribution in [0.5, 0.6) is 5.75 Å². The van der Waals surface area contributed by atoms with Crippen LogP contribution in [-0.4, -0.2) is 12.3 Å². The molecule has 0 radical (unpaired) electrons. The fourth-order valence-corrected chi connectivity index (χ4v) is 3.01. The number of halogens is 4. The van der Waals surface area contributed by atoms with Crippen molar-refractivity contribution < 1.29 is 31.8 Å². The maximum Gasteiger partial charge on any atom is 0.522 e. The Bertz CT molecular complexity index is 1030. The van der Waals surface area contributed by atoms with E-state index < -0.39 is 18.9 Å². The number of hydrogen-bond donors (Lipinski definition) is 0. The second kappa shape index (κ2) is 9.75. The van der Waals surface area contributed by atoms with E-state index in [9.17, 15) is 22.4 Å². The third-order valence-electron chi connectivity index (χ3n) is 4.54. The highest BCUT2D eigenvalue weighted by atomic mass is 19.4. The Balaban J connectivity index is 1.64. The zero-order chi connectivity index (χ0) is 22.4. The van der Waals surface area contributed by atoms with Crippen molar-refractivity contribution in [2.45, 2.75) is 32.7 Å². The Morgan fingerprint density at radius 3 is 2.13 bits per heavy atom. The highest BCUT2D eigenvalue weighted by Gasteiger charge is 2.28. The fourth-order valence-electron chi connectivity index (χ4n) is 3.01. The van der Waals surface area contributed by atoms with Gasteiger partial charge >= 0.3 is 12.3 Å². The monoisotopic (exact) mass is 432 g/mol. The van der Waals surface area contributed by atoms with E-state index in [1.807, 2.05) is 13.0 Å². The molecule has 0 saturated carbocycles. The average Bonchev–Trinajstić information content (AvgIpc) is 2.73. The van der Waals surface area contributed by atoms with Crippen molar-refractivity contribution in [1.29, 1.82) is 0 Å². The predicted octanol–water partition coefficient (Wildman–Crippen LogP) is 6.70. The van der Waals surface area contributed by atoms with Gasteiger partial charge in [0.1, 0.15) is 11.6 Å². The number of carbonyl (C=O) groups excluding carboxylic acids is 1. The summed E-state index contributed by atoms with van der Waals surface area (Å²) in [6.07, 6.45) is -2.98. The standard InChI is InChI=1S/C24H20F4O3/c1-2-3-16-6-13-21(22(25)14-16)18-7-9-19(10-8-18)23(29)31-20-11-4-17(5-12-20)15-30-24(26,27)28/h4-14H,2-3,15H2,1H3. The topological polar surface area (TPSA) is 35.5 Å². The number of rotatable bonds is 7. The minimum atomic E-state index is -4.71. The molecule has 0 aliphatic carbocycles. The van der Waals surface area contributed by atoms with Crippen molar-refractivity contribution in [2.75, 3.05) is 0 Å². The van der Waals surface area contributed by atoms with Gasteiger partial charge in [-0.1, -0.05) is 49.7 Å². The van der Waals surface area contributed by atoms with Crippen LogP contribution in [0.4, 0.5) is 17.6 Å². The van der Waals surface area contributed by atoms with Crippen LogP contribution in [0.25, 0.3) is 11.1 Å². The Labute approximate surface area is 177 Å². The van der Waals surface area contributed by atoms with Gasteiger partial charge in [-0.15, -0.1) is 13.2 Å². The average molecular weight is 432 g/mol. The molecule has 0 heterocycles. The normalized spacial score (nSPS) is 11.4. The summed E-state index contributed by atoms with van der Waals surface area (Å²) in [6, 6.07) is 17.0. The first kappa shape index (κ1) is 22.5. The van der Waals surface area contributed by atoms with Gasteiger partial charge in [-0.3, -0.25) is 4.74 Å². The molecule has 0 aliphatic rings. The van der Waals surface area contributed by atoms with Crippen molar-refractivity contribution in [2.24, 2.45) is 0 Å². The summed E-state index contributed by atoms with van der Waals surface area (Å²) in [5.74, 6) is -0.775. The predicted molar refractivity (Wildman–Crippen MR) is 108 cm³/mol. The lowest BCUT2D eigenvalue weighted by Gasteiger charge is -2.09. The highest BCUT2D eigenvalue weighted by Crippen LogP contribution is 2.25. The quantitative estimate of drug-likeness (QED) is 0.237. The van der Waals surface area contributed by atoms with E-state index in [2.05, 4.69) is 4.74 Å². The summed E-state index contributed by atoms with van der Waals surface area (Å²) < 4.78 is 59.6. The summed E-state index contributed by atoms with van der Waals surface area (Å²) in [4.78, 5) is 12.3. The molecule has 3 rings (SSSR count). The molecule has 0 aromatic heterocycles. The molecule has 0 saturated heterocycles. The number of hydrogen-bond acceptors (Lipinski definition) is 3. The Morgan fingerprint density at radius 2 is 1.55 bits per heavy atom. The van der Waals surface area contributed by atoms with Gasteiger partial charge in [0.15, 0.2) is 0 Å². The maximum absolute atomic E-state index is 14.4. The molecule has 0 atom stereocenters. The van der Waals surface area contributed by atoms with E-state index in [1.54, 1.807) is 18.2 Å². The molecule has 0 bridgehead atoms. The number of carbonyl (C=O) groups is 1. The summed E-state index contributed by atoms with van der Waals surface area (Å²) in [7, 11) is 0. The molecule has 3 aromatic carbocycles. The van der Waals surface area contributed by atoms with E-state index >= 15 is 0 Å². The first-order valence-electron chi connectivity index (χ1n) is 9.66. The molecule has 31 heavy (non-hydrogen) atoms. The second-order valence-corrected chi connectivity index (χ2v) is 6.91. The zero-order valence-corrected chi connectivity index (χ0v) is 16.7. The molecule has 0 amide bonds. The Hall–Kier alpha value is -3.19. The van der Waals surface area contributed by atoms with Crippen LogP contribution in [0.2, 0.25) is 0 Å². The number of benzene rings is 3. The van der Waals surface area contributed by atoms with Crippen molar-refractivity contribution in [3.8, 4) is 16.9 Å². The SMILES string of the molecule is CCCc1ccc(-c2ccc(C(=O)Oc3ccc(COC(F)(F)F)cc3)cc2)c(F)c1. The Morgan fingerprint density at radius 1 is 0.903 bits per heavy atom. The molecule has 3 nitrogen and oxygen atoms in total. The van der Waals surface area contributed by atoms with E-state index in [1.165, 1.54) is 42.5 Å². The number of alkyl halides is 3. The second-order valence-electron chi connectivity index (χ2n) is 6.91. The Kier molecular flexibility index (Phi) is 7.07. The molecular formula is C24H20F4O3. The van der Waals surface area contributed by atoms with Gasteiger partial charge in [0.25, 0.3) is 0 Å². The van der Waals surface area contributed by atoms with E-state index in [4.69, 9.17) is 4.74 Å². The summed E-state index contributed by atoms with van der Waals surface area (Å²) in [5, 5.41) is 0. The van der Waals surface area contributed by atoms with Gasteiger partial charge in [0.2, 0.25) is 0 Å². The molecule has 0 spiro atoms. The molecule has 7 heteroatoms. The number of esters is 1. The molecule has 0 fully saturated rings. The summed E-state index contributed by atoms with van der Waals surface area (Å²) >= 11 is 0. The smallest absolute Gasteiger partial charge is 0.423 e.